The Kier molecular flexibility index (Phi) is 7.79. The molecule has 7 atom stereocenters. The number of thioether (sulfide) groups is 1. The van der Waals surface area contributed by atoms with Crippen molar-refractivity contribution in [3.05, 3.63) is 65.2 Å². The molecule has 0 aliphatic carbocycles. The van der Waals surface area contributed by atoms with Gasteiger partial charge in [-0.1, -0.05) is 62.7 Å². The SMILES string of the molecule is CC[C@H](C)[C@H](CO)N1C(=O)[C@@H]2[C@@H](C(=O)NCc3ccccc3)[C@@]3(C)CCC2(S3)C1C(=O)Nc1cc(C)ccc1C. The van der Waals surface area contributed by atoms with Crippen LogP contribution in [0.25, 0.3) is 0 Å². The number of benzene rings is 2. The average molecular weight is 564 g/mol. The molecule has 0 aromatic heterocycles. The lowest BCUT2D eigenvalue weighted by molar-refractivity contribution is -0.143. The van der Waals surface area contributed by atoms with Crippen LogP contribution in [0.3, 0.4) is 0 Å². The second kappa shape index (κ2) is 10.9. The lowest BCUT2D eigenvalue weighted by Gasteiger charge is -2.39. The van der Waals surface area contributed by atoms with E-state index in [1.54, 1.807) is 16.7 Å². The van der Waals surface area contributed by atoms with E-state index in [0.29, 0.717) is 13.0 Å². The molecule has 8 heteroatoms. The average Bonchev–Trinajstić information content (AvgIpc) is 3.51. The lowest BCUT2D eigenvalue weighted by Crippen LogP contribution is -2.56. The lowest BCUT2D eigenvalue weighted by atomic mass is 9.66. The normalized spacial score (nSPS) is 30.2. The van der Waals surface area contributed by atoms with E-state index in [2.05, 4.69) is 17.6 Å². The second-order valence-electron chi connectivity index (χ2n) is 12.1. The summed E-state index contributed by atoms with van der Waals surface area (Å²) < 4.78 is -1.18. The first-order valence-corrected chi connectivity index (χ1v) is 15.2. The molecule has 2 bridgehead atoms. The molecule has 0 radical (unpaired) electrons. The number of fused-ring (bicyclic) bond motifs is 1. The third-order valence-electron chi connectivity index (χ3n) is 9.55. The zero-order valence-corrected chi connectivity index (χ0v) is 24.9. The maximum absolute atomic E-state index is 14.5. The number of rotatable bonds is 9. The standard InChI is InChI=1S/C32H41N3O4S/c1-6-20(3)24(18-36)35-27(29(38)34-23-16-19(2)12-13-21(23)4)32-15-14-31(5,40-32)25(26(32)30(35)39)28(37)33-17-22-10-8-7-9-11-22/h7-13,16,20,24-27,36H,6,14-15,17-18H2,1-5H3,(H,33,37)(H,34,38)/t20-,24-,25-,26-,27?,31+,32?/m0/s1. The fraction of sp³-hybridized carbons (Fsp3) is 0.531. The number of aliphatic hydroxyl groups excluding tert-OH is 1. The van der Waals surface area contributed by atoms with Gasteiger partial charge in [0.05, 0.1) is 29.2 Å². The van der Waals surface area contributed by atoms with Crippen LogP contribution in [0, 0.1) is 31.6 Å². The fourth-order valence-electron chi connectivity index (χ4n) is 7.20. The topological polar surface area (TPSA) is 98.7 Å². The highest BCUT2D eigenvalue weighted by atomic mass is 32.2. The highest BCUT2D eigenvalue weighted by molar-refractivity contribution is 8.02. The summed E-state index contributed by atoms with van der Waals surface area (Å²) in [5, 5.41) is 16.8. The van der Waals surface area contributed by atoms with Crippen molar-refractivity contribution < 1.29 is 19.5 Å². The Bertz CT molecular complexity index is 1300. The smallest absolute Gasteiger partial charge is 0.248 e. The minimum absolute atomic E-state index is 0.0108. The Morgan fingerprint density at radius 1 is 1.12 bits per heavy atom. The van der Waals surface area contributed by atoms with E-state index < -0.39 is 33.4 Å². The molecule has 3 aliphatic heterocycles. The van der Waals surface area contributed by atoms with Gasteiger partial charge in [0.25, 0.3) is 0 Å². The van der Waals surface area contributed by atoms with Gasteiger partial charge in [-0.25, -0.2) is 0 Å². The van der Waals surface area contributed by atoms with Crippen molar-refractivity contribution >= 4 is 35.2 Å². The number of aryl methyl sites for hydroxylation is 2. The first-order valence-electron chi connectivity index (χ1n) is 14.4. The van der Waals surface area contributed by atoms with Crippen LogP contribution in [0.4, 0.5) is 5.69 Å². The van der Waals surface area contributed by atoms with E-state index in [4.69, 9.17) is 0 Å². The maximum Gasteiger partial charge on any atom is 0.248 e. The summed E-state index contributed by atoms with van der Waals surface area (Å²) in [6, 6.07) is 14.4. The summed E-state index contributed by atoms with van der Waals surface area (Å²) in [7, 11) is 0. The molecule has 3 saturated heterocycles. The van der Waals surface area contributed by atoms with Crippen molar-refractivity contribution in [2.75, 3.05) is 11.9 Å². The van der Waals surface area contributed by atoms with Crippen LogP contribution in [0.2, 0.25) is 0 Å². The van der Waals surface area contributed by atoms with Crippen LogP contribution >= 0.6 is 11.8 Å². The monoisotopic (exact) mass is 563 g/mol. The van der Waals surface area contributed by atoms with Crippen LogP contribution in [-0.2, 0) is 20.9 Å². The van der Waals surface area contributed by atoms with Crippen molar-refractivity contribution in [2.45, 2.75) is 82.0 Å². The van der Waals surface area contributed by atoms with Gasteiger partial charge in [-0.2, -0.15) is 0 Å². The van der Waals surface area contributed by atoms with Crippen molar-refractivity contribution in [1.82, 2.24) is 10.2 Å². The molecular weight excluding hydrogens is 522 g/mol. The molecule has 214 valence electrons. The van der Waals surface area contributed by atoms with Crippen LogP contribution < -0.4 is 10.6 Å². The molecule has 0 saturated carbocycles. The molecule has 7 nitrogen and oxygen atoms in total. The van der Waals surface area contributed by atoms with E-state index in [-0.39, 0.29) is 30.2 Å². The summed E-state index contributed by atoms with van der Waals surface area (Å²) in [6.45, 7) is 10.2. The Hall–Kier alpha value is -2.84. The summed E-state index contributed by atoms with van der Waals surface area (Å²) in [5.41, 5.74) is 3.69. The van der Waals surface area contributed by atoms with E-state index in [0.717, 1.165) is 35.2 Å². The predicted molar refractivity (Wildman–Crippen MR) is 159 cm³/mol. The molecule has 2 aromatic rings. The number of amides is 3. The molecule has 3 fully saturated rings. The molecule has 3 amide bonds. The van der Waals surface area contributed by atoms with Crippen LogP contribution in [0.1, 0.15) is 56.7 Å². The molecule has 3 N–H and O–H groups in total. The molecule has 2 aromatic carbocycles. The van der Waals surface area contributed by atoms with Crippen molar-refractivity contribution in [3.8, 4) is 0 Å². The van der Waals surface area contributed by atoms with Gasteiger partial charge in [-0.3, -0.25) is 14.4 Å². The van der Waals surface area contributed by atoms with E-state index in [9.17, 15) is 19.5 Å². The Morgan fingerprint density at radius 3 is 2.52 bits per heavy atom. The van der Waals surface area contributed by atoms with Gasteiger partial charge in [0.1, 0.15) is 6.04 Å². The third-order valence-corrected chi connectivity index (χ3v) is 11.5. The zero-order chi connectivity index (χ0) is 28.8. The Labute approximate surface area is 241 Å². The highest BCUT2D eigenvalue weighted by Gasteiger charge is 2.77. The van der Waals surface area contributed by atoms with Crippen LogP contribution in [-0.4, -0.2) is 55.9 Å². The highest BCUT2D eigenvalue weighted by Crippen LogP contribution is 2.71. The van der Waals surface area contributed by atoms with Crippen molar-refractivity contribution in [2.24, 2.45) is 17.8 Å². The number of carbonyl (C=O) groups excluding carboxylic acids is 3. The largest absolute Gasteiger partial charge is 0.394 e. The van der Waals surface area contributed by atoms with Gasteiger partial charge in [-0.05, 0) is 62.3 Å². The zero-order valence-electron chi connectivity index (χ0n) is 24.1. The molecule has 3 heterocycles. The van der Waals surface area contributed by atoms with E-state index >= 15 is 0 Å². The molecule has 40 heavy (non-hydrogen) atoms. The number of likely N-dealkylation sites (tertiary alicyclic amines) is 1. The third kappa shape index (κ3) is 4.63. The molecule has 2 unspecified atom stereocenters. The van der Waals surface area contributed by atoms with Crippen molar-refractivity contribution in [3.63, 3.8) is 0 Å². The first kappa shape index (κ1) is 28.7. The van der Waals surface area contributed by atoms with Gasteiger partial charge in [0, 0.05) is 17.0 Å². The van der Waals surface area contributed by atoms with E-state index in [1.165, 1.54) is 0 Å². The van der Waals surface area contributed by atoms with Gasteiger partial charge in [0.15, 0.2) is 0 Å². The summed E-state index contributed by atoms with van der Waals surface area (Å²) in [4.78, 5) is 44.2. The van der Waals surface area contributed by atoms with Crippen molar-refractivity contribution in [1.29, 1.82) is 0 Å². The van der Waals surface area contributed by atoms with Crippen LogP contribution in [0.5, 0.6) is 0 Å². The fourth-order valence-corrected chi connectivity index (χ4v) is 9.55. The number of aliphatic hydroxyl groups is 1. The quantitative estimate of drug-likeness (QED) is 0.419. The molecular formula is C32H41N3O4S. The van der Waals surface area contributed by atoms with Crippen LogP contribution in [0.15, 0.2) is 48.5 Å². The van der Waals surface area contributed by atoms with Gasteiger partial charge in [-0.15, -0.1) is 11.8 Å². The summed E-state index contributed by atoms with van der Waals surface area (Å²) >= 11 is 1.65. The Balaban J connectivity index is 1.53. The number of carbonyl (C=O) groups is 3. The minimum Gasteiger partial charge on any atom is -0.394 e. The number of nitrogens with one attached hydrogen (secondary N) is 2. The van der Waals surface area contributed by atoms with Gasteiger partial charge >= 0.3 is 0 Å². The van der Waals surface area contributed by atoms with Gasteiger partial charge in [0.2, 0.25) is 17.7 Å². The number of anilines is 1. The van der Waals surface area contributed by atoms with Gasteiger partial charge < -0.3 is 20.6 Å². The second-order valence-corrected chi connectivity index (χ2v) is 14.0. The molecule has 3 aliphatic rings. The maximum atomic E-state index is 14.5. The number of hydrogen-bond donors (Lipinski definition) is 3. The minimum atomic E-state index is -0.783. The first-order chi connectivity index (χ1) is 19.1. The molecule has 1 spiro atoms. The summed E-state index contributed by atoms with van der Waals surface area (Å²) in [5.74, 6) is -1.76. The number of nitrogens with zero attached hydrogens (tertiary/aromatic N) is 1. The predicted octanol–water partition coefficient (Wildman–Crippen LogP) is 4.45. The molecule has 5 rings (SSSR count). The Morgan fingerprint density at radius 2 is 1.85 bits per heavy atom. The number of hydrogen-bond acceptors (Lipinski definition) is 5. The summed E-state index contributed by atoms with van der Waals surface area (Å²) in [6.07, 6.45) is 2.18. The van der Waals surface area contributed by atoms with E-state index in [1.807, 2.05) is 76.2 Å².